The fraction of sp³-hybridized carbons (Fsp3) is 0.625. The van der Waals surface area contributed by atoms with Gasteiger partial charge in [0.1, 0.15) is 0 Å². The Bertz CT molecular complexity index is 519. The zero-order valence-corrected chi connectivity index (χ0v) is 13.3. The third-order valence-corrected chi connectivity index (χ3v) is 4.50. The van der Waals surface area contributed by atoms with Crippen LogP contribution in [0.2, 0.25) is 0 Å². The molecule has 3 rings (SSSR count). The van der Waals surface area contributed by atoms with Gasteiger partial charge < -0.3 is 15.0 Å². The first-order valence-electron chi connectivity index (χ1n) is 7.89. The molecule has 6 heteroatoms. The number of carbonyl (C=O) groups excluding carboxylic acids is 1. The fourth-order valence-corrected chi connectivity index (χ4v) is 3.08. The van der Waals surface area contributed by atoms with Crippen molar-refractivity contribution in [2.45, 2.75) is 25.5 Å². The highest BCUT2D eigenvalue weighted by molar-refractivity contribution is 5.74. The van der Waals surface area contributed by atoms with Gasteiger partial charge >= 0.3 is 6.03 Å². The lowest BCUT2D eigenvalue weighted by Gasteiger charge is -2.33. The molecular weight excluding hydrogens is 280 g/mol. The Morgan fingerprint density at radius 2 is 2.32 bits per heavy atom. The number of aromatic nitrogens is 1. The van der Waals surface area contributed by atoms with E-state index < -0.39 is 0 Å². The minimum absolute atomic E-state index is 0.00138. The second-order valence-electron chi connectivity index (χ2n) is 6.17. The average Bonchev–Trinajstić information content (AvgIpc) is 2.95. The van der Waals surface area contributed by atoms with Crippen molar-refractivity contribution in [3.05, 3.63) is 29.6 Å². The molecule has 2 aliphatic heterocycles. The molecule has 0 bridgehead atoms. The quantitative estimate of drug-likeness (QED) is 0.891. The van der Waals surface area contributed by atoms with Gasteiger partial charge in [-0.2, -0.15) is 0 Å². The minimum atomic E-state index is -0.00138. The zero-order chi connectivity index (χ0) is 15.5. The van der Waals surface area contributed by atoms with E-state index in [9.17, 15) is 4.79 Å². The summed E-state index contributed by atoms with van der Waals surface area (Å²) < 4.78 is 5.76. The van der Waals surface area contributed by atoms with Gasteiger partial charge in [0.2, 0.25) is 0 Å². The van der Waals surface area contributed by atoms with Crippen LogP contribution in [0.3, 0.4) is 0 Å². The van der Waals surface area contributed by atoms with Crippen LogP contribution in [0.1, 0.15) is 11.3 Å². The molecule has 0 spiro atoms. The number of rotatable bonds is 3. The molecule has 2 fully saturated rings. The zero-order valence-electron chi connectivity index (χ0n) is 13.3. The molecule has 3 heterocycles. The minimum Gasteiger partial charge on any atom is -0.373 e. The van der Waals surface area contributed by atoms with Crippen molar-refractivity contribution >= 4 is 6.03 Å². The lowest BCUT2D eigenvalue weighted by Crippen LogP contribution is -2.48. The Kier molecular flexibility index (Phi) is 4.59. The number of nitrogens with zero attached hydrogens (tertiary/aromatic N) is 3. The van der Waals surface area contributed by atoms with E-state index in [0.717, 1.165) is 37.4 Å². The third-order valence-electron chi connectivity index (χ3n) is 4.50. The van der Waals surface area contributed by atoms with Gasteiger partial charge in [0.05, 0.1) is 25.3 Å². The first-order valence-corrected chi connectivity index (χ1v) is 7.89. The molecule has 6 nitrogen and oxygen atoms in total. The second kappa shape index (κ2) is 6.62. The smallest absolute Gasteiger partial charge is 0.317 e. The first-order chi connectivity index (χ1) is 10.6. The molecule has 22 heavy (non-hydrogen) atoms. The summed E-state index contributed by atoms with van der Waals surface area (Å²) in [7, 11) is 2.10. The van der Waals surface area contributed by atoms with Gasteiger partial charge in [-0.05, 0) is 25.6 Å². The number of nitrogens with one attached hydrogen (secondary N) is 1. The van der Waals surface area contributed by atoms with Crippen molar-refractivity contribution in [2.75, 3.05) is 39.8 Å². The number of carbonyl (C=O) groups is 1. The van der Waals surface area contributed by atoms with Gasteiger partial charge in [0, 0.05) is 37.9 Å². The number of amides is 2. The number of fused-ring (bicyclic) bond motifs is 1. The maximum Gasteiger partial charge on any atom is 0.317 e. The highest BCUT2D eigenvalue weighted by atomic mass is 16.5. The van der Waals surface area contributed by atoms with Crippen molar-refractivity contribution in [1.29, 1.82) is 0 Å². The predicted molar refractivity (Wildman–Crippen MR) is 83.8 cm³/mol. The van der Waals surface area contributed by atoms with E-state index >= 15 is 0 Å². The second-order valence-corrected chi connectivity index (χ2v) is 6.17. The molecule has 0 aromatic carbocycles. The number of ether oxygens (including phenoxy) is 1. The Hall–Kier alpha value is -1.66. The molecule has 1 aromatic heterocycles. The van der Waals surface area contributed by atoms with E-state index in [1.54, 1.807) is 0 Å². The number of hydrogen-bond acceptors (Lipinski definition) is 4. The number of hydrogen-bond donors (Lipinski definition) is 1. The van der Waals surface area contributed by atoms with Crippen LogP contribution in [0.4, 0.5) is 4.79 Å². The van der Waals surface area contributed by atoms with Gasteiger partial charge in [0.25, 0.3) is 0 Å². The summed E-state index contributed by atoms with van der Waals surface area (Å²) in [5.41, 5.74) is 2.15. The summed E-state index contributed by atoms with van der Waals surface area (Å²) >= 11 is 0. The number of aryl methyl sites for hydroxylation is 1. The van der Waals surface area contributed by atoms with Crippen LogP contribution in [-0.2, 0) is 11.2 Å². The molecule has 1 N–H and O–H groups in total. The number of pyridine rings is 1. The largest absolute Gasteiger partial charge is 0.373 e. The van der Waals surface area contributed by atoms with Gasteiger partial charge in [-0.15, -0.1) is 0 Å². The van der Waals surface area contributed by atoms with Crippen molar-refractivity contribution in [1.82, 2.24) is 20.1 Å². The van der Waals surface area contributed by atoms with Crippen LogP contribution in [0.5, 0.6) is 0 Å². The lowest BCUT2D eigenvalue weighted by atomic mass is 10.1. The molecular formula is C16H24N4O2. The van der Waals surface area contributed by atoms with Crippen LogP contribution >= 0.6 is 0 Å². The predicted octanol–water partition coefficient (Wildman–Crippen LogP) is 0.657. The lowest BCUT2D eigenvalue weighted by molar-refractivity contribution is -0.0367. The topological polar surface area (TPSA) is 57.7 Å². The van der Waals surface area contributed by atoms with Gasteiger partial charge in [-0.1, -0.05) is 6.07 Å². The van der Waals surface area contributed by atoms with E-state index in [4.69, 9.17) is 4.74 Å². The van der Waals surface area contributed by atoms with Crippen LogP contribution in [0.15, 0.2) is 18.3 Å². The molecule has 2 saturated heterocycles. The molecule has 0 saturated carbocycles. The van der Waals surface area contributed by atoms with E-state index in [2.05, 4.69) is 22.2 Å². The Balaban J connectivity index is 1.45. The van der Waals surface area contributed by atoms with Crippen molar-refractivity contribution in [2.24, 2.45) is 0 Å². The van der Waals surface area contributed by atoms with Crippen LogP contribution < -0.4 is 5.32 Å². The average molecular weight is 304 g/mol. The van der Waals surface area contributed by atoms with Crippen LogP contribution in [0.25, 0.3) is 0 Å². The number of likely N-dealkylation sites (N-methyl/N-ethyl adjacent to an activating group) is 1. The van der Waals surface area contributed by atoms with E-state index in [1.165, 1.54) is 0 Å². The van der Waals surface area contributed by atoms with Crippen molar-refractivity contribution in [3.63, 3.8) is 0 Å². The van der Waals surface area contributed by atoms with Gasteiger partial charge in [0.15, 0.2) is 0 Å². The summed E-state index contributed by atoms with van der Waals surface area (Å²) in [6.07, 6.45) is 2.77. The molecule has 2 atom stereocenters. The fourth-order valence-electron chi connectivity index (χ4n) is 3.08. The Morgan fingerprint density at radius 1 is 1.45 bits per heavy atom. The number of likely N-dealkylation sites (tertiary alicyclic amines) is 1. The van der Waals surface area contributed by atoms with E-state index in [-0.39, 0.29) is 12.1 Å². The van der Waals surface area contributed by atoms with E-state index in [0.29, 0.717) is 19.1 Å². The van der Waals surface area contributed by atoms with Crippen molar-refractivity contribution < 1.29 is 9.53 Å². The van der Waals surface area contributed by atoms with Gasteiger partial charge in [-0.3, -0.25) is 9.88 Å². The number of morpholine rings is 1. The summed E-state index contributed by atoms with van der Waals surface area (Å²) in [5, 5.41) is 2.99. The van der Waals surface area contributed by atoms with Crippen molar-refractivity contribution in [3.8, 4) is 0 Å². The highest BCUT2D eigenvalue weighted by Gasteiger charge is 2.40. The standard InChI is InChI=1S/C16H24N4O2/c1-12-3-4-13(18-9-12)5-6-17-16(21)20-10-14-15(11-20)22-8-7-19(14)2/h3-4,9,14-15H,5-8,10-11H2,1-2H3,(H,17,21)/t14-,15+/m0/s1. The normalized spacial score (nSPS) is 25.1. The van der Waals surface area contributed by atoms with Crippen LogP contribution in [0, 0.1) is 6.92 Å². The van der Waals surface area contributed by atoms with Gasteiger partial charge in [-0.25, -0.2) is 4.79 Å². The molecule has 2 amide bonds. The first kappa shape index (κ1) is 15.2. The SMILES string of the molecule is Cc1ccc(CCNC(=O)N2C[C@H]3OCCN(C)[C@H]3C2)nc1. The monoisotopic (exact) mass is 304 g/mol. The summed E-state index contributed by atoms with van der Waals surface area (Å²) in [5.74, 6) is 0. The van der Waals surface area contributed by atoms with Crippen LogP contribution in [-0.4, -0.2) is 72.8 Å². The molecule has 0 radical (unpaired) electrons. The molecule has 0 aliphatic carbocycles. The Morgan fingerprint density at radius 3 is 3.05 bits per heavy atom. The molecule has 2 aliphatic rings. The molecule has 1 aromatic rings. The maximum absolute atomic E-state index is 12.3. The Labute approximate surface area is 131 Å². The third kappa shape index (κ3) is 3.39. The summed E-state index contributed by atoms with van der Waals surface area (Å²) in [4.78, 5) is 20.8. The highest BCUT2D eigenvalue weighted by Crippen LogP contribution is 2.21. The summed E-state index contributed by atoms with van der Waals surface area (Å²) in [6.45, 7) is 5.75. The molecule has 120 valence electrons. The van der Waals surface area contributed by atoms with E-state index in [1.807, 2.05) is 30.2 Å². The maximum atomic E-state index is 12.3. The number of urea groups is 1. The molecule has 0 unspecified atom stereocenters. The summed E-state index contributed by atoms with van der Waals surface area (Å²) in [6, 6.07) is 4.38.